The van der Waals surface area contributed by atoms with Gasteiger partial charge in [0.25, 0.3) is 0 Å². The van der Waals surface area contributed by atoms with Crippen molar-refractivity contribution in [2.45, 2.75) is 13.5 Å². The Morgan fingerprint density at radius 2 is 1.73 bits per heavy atom. The summed E-state index contributed by atoms with van der Waals surface area (Å²) in [6.07, 6.45) is 2.10. The molecule has 0 spiro atoms. The Morgan fingerprint density at radius 3 is 2.36 bits per heavy atom. The smallest absolute Gasteiger partial charge is 0.0237 e. The number of hydrogen-bond donors (Lipinski definition) is 0. The first-order chi connectivity index (χ1) is 10.8. The predicted molar refractivity (Wildman–Crippen MR) is 94.4 cm³/mol. The minimum atomic E-state index is 0.462. The Kier molecular flexibility index (Phi) is 4.55. The van der Waals surface area contributed by atoms with Crippen LogP contribution in [0.2, 0.25) is 0 Å². The van der Waals surface area contributed by atoms with E-state index in [1.165, 1.54) is 22.3 Å². The van der Waals surface area contributed by atoms with Gasteiger partial charge in [-0.25, -0.2) is 0 Å². The van der Waals surface area contributed by atoms with Gasteiger partial charge in [-0.15, -0.1) is 6.58 Å². The lowest BCUT2D eigenvalue weighted by molar-refractivity contribution is 0.327. The zero-order valence-electron chi connectivity index (χ0n) is 13.2. The standard InChI is InChI=1S/C21H23N/c1-3-19-15-22(14-18-10-6-4-7-11-18)16-21(19)17(2)20-12-8-5-9-13-20/h3-13,19H,1,14-16H2,2H3/b21-17-. The largest absolute Gasteiger partial charge is 0.294 e. The van der Waals surface area contributed by atoms with E-state index >= 15 is 0 Å². The number of allylic oxidation sites excluding steroid dienone is 1. The van der Waals surface area contributed by atoms with Crippen LogP contribution >= 0.6 is 0 Å². The molecule has 0 aromatic heterocycles. The van der Waals surface area contributed by atoms with E-state index in [-0.39, 0.29) is 0 Å². The Hall–Kier alpha value is -2.12. The molecule has 112 valence electrons. The molecule has 1 nitrogen and oxygen atoms in total. The normalized spacial score (nSPS) is 20.9. The number of hydrogen-bond acceptors (Lipinski definition) is 1. The molecule has 2 aromatic rings. The van der Waals surface area contributed by atoms with Crippen LogP contribution in [0, 0.1) is 5.92 Å². The van der Waals surface area contributed by atoms with E-state index in [0.29, 0.717) is 5.92 Å². The van der Waals surface area contributed by atoms with Crippen LogP contribution in [-0.4, -0.2) is 18.0 Å². The van der Waals surface area contributed by atoms with E-state index < -0.39 is 0 Å². The van der Waals surface area contributed by atoms with Crippen LogP contribution in [0.1, 0.15) is 18.1 Å². The third kappa shape index (κ3) is 3.20. The Balaban J connectivity index is 1.82. The molecule has 22 heavy (non-hydrogen) atoms. The van der Waals surface area contributed by atoms with Crippen molar-refractivity contribution in [1.82, 2.24) is 4.90 Å². The highest BCUT2D eigenvalue weighted by atomic mass is 15.1. The van der Waals surface area contributed by atoms with Crippen LogP contribution in [-0.2, 0) is 6.54 Å². The summed E-state index contributed by atoms with van der Waals surface area (Å²) in [6.45, 7) is 9.40. The van der Waals surface area contributed by atoms with Gasteiger partial charge in [0.05, 0.1) is 0 Å². The highest BCUT2D eigenvalue weighted by Gasteiger charge is 2.26. The van der Waals surface area contributed by atoms with Gasteiger partial charge in [0, 0.05) is 25.6 Å². The molecular weight excluding hydrogens is 266 g/mol. The Labute approximate surface area is 133 Å². The van der Waals surface area contributed by atoms with Crippen LogP contribution in [0.25, 0.3) is 5.57 Å². The summed E-state index contributed by atoms with van der Waals surface area (Å²) in [5.41, 5.74) is 5.62. The first-order valence-corrected chi connectivity index (χ1v) is 7.92. The molecule has 0 amide bonds. The Bertz CT molecular complexity index is 655. The number of nitrogens with zero attached hydrogens (tertiary/aromatic N) is 1. The van der Waals surface area contributed by atoms with Gasteiger partial charge in [-0.2, -0.15) is 0 Å². The maximum absolute atomic E-state index is 4.05. The van der Waals surface area contributed by atoms with Crippen LogP contribution < -0.4 is 0 Å². The molecule has 1 heteroatoms. The average Bonchev–Trinajstić information content (AvgIpc) is 2.99. The van der Waals surface area contributed by atoms with Crippen LogP contribution in [0.4, 0.5) is 0 Å². The van der Waals surface area contributed by atoms with Crippen LogP contribution in [0.15, 0.2) is 78.9 Å². The summed E-state index contributed by atoms with van der Waals surface area (Å²) in [5, 5.41) is 0. The van der Waals surface area contributed by atoms with Gasteiger partial charge in [-0.3, -0.25) is 4.90 Å². The van der Waals surface area contributed by atoms with Gasteiger partial charge in [0.2, 0.25) is 0 Å². The molecule has 1 aliphatic rings. The fraction of sp³-hybridized carbons (Fsp3) is 0.238. The fourth-order valence-electron chi connectivity index (χ4n) is 3.26. The lowest BCUT2D eigenvalue weighted by Gasteiger charge is -2.14. The molecule has 0 N–H and O–H groups in total. The average molecular weight is 289 g/mol. The summed E-state index contributed by atoms with van der Waals surface area (Å²) in [5.74, 6) is 0.462. The highest BCUT2D eigenvalue weighted by molar-refractivity contribution is 5.68. The van der Waals surface area contributed by atoms with E-state index in [9.17, 15) is 0 Å². The van der Waals surface area contributed by atoms with E-state index in [1.54, 1.807) is 0 Å². The number of likely N-dealkylation sites (tertiary alicyclic amines) is 1. The van der Waals surface area contributed by atoms with Gasteiger partial charge >= 0.3 is 0 Å². The van der Waals surface area contributed by atoms with E-state index in [2.05, 4.69) is 85.1 Å². The van der Waals surface area contributed by atoms with Crippen molar-refractivity contribution >= 4 is 5.57 Å². The number of benzene rings is 2. The van der Waals surface area contributed by atoms with Crippen molar-refractivity contribution in [2.75, 3.05) is 13.1 Å². The van der Waals surface area contributed by atoms with Crippen LogP contribution in [0.3, 0.4) is 0 Å². The SMILES string of the molecule is C=CC1CN(Cc2ccccc2)C/C1=C(\C)c1ccccc1. The molecule has 1 aliphatic heterocycles. The predicted octanol–water partition coefficient (Wildman–Crippen LogP) is 4.78. The van der Waals surface area contributed by atoms with Crippen molar-refractivity contribution in [3.8, 4) is 0 Å². The molecule has 1 fully saturated rings. The zero-order chi connectivity index (χ0) is 15.4. The first kappa shape index (κ1) is 14.8. The summed E-state index contributed by atoms with van der Waals surface area (Å²) < 4.78 is 0. The molecule has 1 heterocycles. The monoisotopic (exact) mass is 289 g/mol. The molecular formula is C21H23N. The summed E-state index contributed by atoms with van der Waals surface area (Å²) in [6, 6.07) is 21.4. The van der Waals surface area contributed by atoms with Gasteiger partial charge in [0.15, 0.2) is 0 Å². The summed E-state index contributed by atoms with van der Waals surface area (Å²) in [4.78, 5) is 2.52. The van der Waals surface area contributed by atoms with E-state index in [1.807, 2.05) is 0 Å². The van der Waals surface area contributed by atoms with Gasteiger partial charge < -0.3 is 0 Å². The zero-order valence-corrected chi connectivity index (χ0v) is 13.2. The maximum atomic E-state index is 4.05. The second kappa shape index (κ2) is 6.76. The molecule has 0 bridgehead atoms. The molecule has 0 radical (unpaired) electrons. The van der Waals surface area contributed by atoms with Crippen molar-refractivity contribution < 1.29 is 0 Å². The van der Waals surface area contributed by atoms with Gasteiger partial charge in [0.1, 0.15) is 0 Å². The van der Waals surface area contributed by atoms with E-state index in [4.69, 9.17) is 0 Å². The van der Waals surface area contributed by atoms with Crippen LogP contribution in [0.5, 0.6) is 0 Å². The lowest BCUT2D eigenvalue weighted by Crippen LogP contribution is -2.19. The number of rotatable bonds is 4. The summed E-state index contributed by atoms with van der Waals surface area (Å²) in [7, 11) is 0. The van der Waals surface area contributed by atoms with Crippen molar-refractivity contribution in [3.63, 3.8) is 0 Å². The van der Waals surface area contributed by atoms with Crippen molar-refractivity contribution in [2.24, 2.45) is 5.92 Å². The van der Waals surface area contributed by atoms with Crippen molar-refractivity contribution in [1.29, 1.82) is 0 Å². The van der Waals surface area contributed by atoms with Gasteiger partial charge in [-0.05, 0) is 29.2 Å². The lowest BCUT2D eigenvalue weighted by atomic mass is 9.94. The molecule has 0 aliphatic carbocycles. The highest BCUT2D eigenvalue weighted by Crippen LogP contribution is 2.31. The topological polar surface area (TPSA) is 3.24 Å². The molecule has 1 atom stereocenters. The van der Waals surface area contributed by atoms with Gasteiger partial charge in [-0.1, -0.05) is 66.7 Å². The molecule has 2 aromatic carbocycles. The third-order valence-corrected chi connectivity index (χ3v) is 4.52. The summed E-state index contributed by atoms with van der Waals surface area (Å²) >= 11 is 0. The molecule has 1 unspecified atom stereocenters. The minimum absolute atomic E-state index is 0.462. The molecule has 1 saturated heterocycles. The van der Waals surface area contributed by atoms with Crippen molar-refractivity contribution in [3.05, 3.63) is 90.0 Å². The maximum Gasteiger partial charge on any atom is 0.0237 e. The first-order valence-electron chi connectivity index (χ1n) is 7.92. The second-order valence-corrected chi connectivity index (χ2v) is 6.01. The minimum Gasteiger partial charge on any atom is -0.294 e. The quantitative estimate of drug-likeness (QED) is 0.732. The second-order valence-electron chi connectivity index (χ2n) is 6.01. The van der Waals surface area contributed by atoms with E-state index in [0.717, 1.165) is 19.6 Å². The molecule has 3 rings (SSSR count). The molecule has 0 saturated carbocycles. The third-order valence-electron chi connectivity index (χ3n) is 4.52. The Morgan fingerprint density at radius 1 is 1.09 bits per heavy atom. The fourth-order valence-corrected chi connectivity index (χ4v) is 3.26.